The van der Waals surface area contributed by atoms with Gasteiger partial charge in [0.15, 0.2) is 17.1 Å². The highest BCUT2D eigenvalue weighted by molar-refractivity contribution is 5.97. The minimum atomic E-state index is -0.0548. The molecule has 0 radical (unpaired) electrons. The molecule has 148 valence electrons. The molecule has 0 bridgehead atoms. The standard InChI is InChI=1S/C21H26N4O3/c1-3-19-22-7-8-24(19)12-9-23-10-13-25(14-11-23)21(26)18-15-16-5-4-6-17(27-2)20(16)28-18/h4-8,15H,3,9-14H2,1-2H3. The van der Waals surface area contributed by atoms with E-state index in [0.717, 1.165) is 43.8 Å². The highest BCUT2D eigenvalue weighted by Gasteiger charge is 2.25. The molecule has 1 aliphatic heterocycles. The summed E-state index contributed by atoms with van der Waals surface area (Å²) in [5.74, 6) is 2.08. The normalized spacial score (nSPS) is 15.3. The molecule has 4 rings (SSSR count). The number of para-hydroxylation sites is 1. The Bertz CT molecular complexity index is 954. The molecule has 0 unspecified atom stereocenters. The van der Waals surface area contributed by atoms with Gasteiger partial charge in [-0.2, -0.15) is 0 Å². The van der Waals surface area contributed by atoms with E-state index in [9.17, 15) is 4.79 Å². The average molecular weight is 382 g/mol. The van der Waals surface area contributed by atoms with Crippen LogP contribution in [0.4, 0.5) is 0 Å². The minimum absolute atomic E-state index is 0.0548. The molecule has 0 atom stereocenters. The number of carbonyl (C=O) groups excluding carboxylic acids is 1. The second-order valence-corrected chi connectivity index (χ2v) is 7.01. The molecule has 7 heteroatoms. The zero-order valence-corrected chi connectivity index (χ0v) is 16.4. The first-order valence-corrected chi connectivity index (χ1v) is 9.77. The molecule has 0 spiro atoms. The molecule has 7 nitrogen and oxygen atoms in total. The van der Waals surface area contributed by atoms with Crippen molar-refractivity contribution in [2.24, 2.45) is 0 Å². The Kier molecular flexibility index (Phi) is 5.34. The predicted molar refractivity (Wildman–Crippen MR) is 107 cm³/mol. The fourth-order valence-corrected chi connectivity index (χ4v) is 3.74. The number of furan rings is 1. The van der Waals surface area contributed by atoms with Crippen LogP contribution < -0.4 is 4.74 Å². The Hall–Kier alpha value is -2.80. The van der Waals surface area contributed by atoms with Crippen molar-refractivity contribution < 1.29 is 13.9 Å². The maximum Gasteiger partial charge on any atom is 0.289 e. The van der Waals surface area contributed by atoms with Gasteiger partial charge in [0, 0.05) is 63.5 Å². The number of aromatic nitrogens is 2. The van der Waals surface area contributed by atoms with E-state index in [-0.39, 0.29) is 5.91 Å². The van der Waals surface area contributed by atoms with Gasteiger partial charge in [-0.05, 0) is 12.1 Å². The summed E-state index contributed by atoms with van der Waals surface area (Å²) < 4.78 is 13.3. The number of methoxy groups -OCH3 is 1. The summed E-state index contributed by atoms with van der Waals surface area (Å²) in [6, 6.07) is 7.46. The SMILES string of the molecule is CCc1nccn1CCN1CCN(C(=O)c2cc3cccc(OC)c3o2)CC1. The van der Waals surface area contributed by atoms with Crippen molar-refractivity contribution in [3.63, 3.8) is 0 Å². The average Bonchev–Trinajstić information content (AvgIpc) is 3.38. The number of amides is 1. The number of ether oxygens (including phenoxy) is 1. The first-order valence-electron chi connectivity index (χ1n) is 9.77. The third kappa shape index (κ3) is 3.62. The third-order valence-corrected chi connectivity index (χ3v) is 5.37. The molecule has 0 aliphatic carbocycles. The number of hydrogen-bond acceptors (Lipinski definition) is 5. The number of fused-ring (bicyclic) bond motifs is 1. The smallest absolute Gasteiger partial charge is 0.289 e. The number of carbonyl (C=O) groups is 1. The molecular formula is C21H26N4O3. The predicted octanol–water partition coefficient (Wildman–Crippen LogP) is 2.66. The minimum Gasteiger partial charge on any atom is -0.493 e. The van der Waals surface area contributed by atoms with E-state index >= 15 is 0 Å². The Balaban J connectivity index is 1.35. The van der Waals surface area contributed by atoms with Crippen molar-refractivity contribution in [2.45, 2.75) is 19.9 Å². The number of nitrogens with zero attached hydrogens (tertiary/aromatic N) is 4. The fraction of sp³-hybridized carbons (Fsp3) is 0.429. The van der Waals surface area contributed by atoms with Gasteiger partial charge in [0.05, 0.1) is 7.11 Å². The van der Waals surface area contributed by atoms with Crippen molar-refractivity contribution in [1.82, 2.24) is 19.4 Å². The molecule has 0 saturated carbocycles. The van der Waals surface area contributed by atoms with Crippen LogP contribution in [-0.4, -0.2) is 65.1 Å². The van der Waals surface area contributed by atoms with Crippen molar-refractivity contribution in [3.05, 3.63) is 48.2 Å². The molecule has 3 heterocycles. The summed E-state index contributed by atoms with van der Waals surface area (Å²) in [5, 5.41) is 0.883. The Labute approximate surface area is 164 Å². The van der Waals surface area contributed by atoms with E-state index in [1.807, 2.05) is 35.5 Å². The summed E-state index contributed by atoms with van der Waals surface area (Å²) in [6.07, 6.45) is 4.84. The van der Waals surface area contributed by atoms with E-state index in [2.05, 4.69) is 21.4 Å². The topological polar surface area (TPSA) is 63.7 Å². The molecular weight excluding hydrogens is 356 g/mol. The van der Waals surface area contributed by atoms with Crippen LogP contribution in [0.1, 0.15) is 23.3 Å². The van der Waals surface area contributed by atoms with Gasteiger partial charge in [-0.15, -0.1) is 0 Å². The third-order valence-electron chi connectivity index (χ3n) is 5.37. The molecule has 1 saturated heterocycles. The molecule has 1 aromatic carbocycles. The number of rotatable bonds is 6. The van der Waals surface area contributed by atoms with E-state index < -0.39 is 0 Å². The van der Waals surface area contributed by atoms with Gasteiger partial charge < -0.3 is 18.6 Å². The lowest BCUT2D eigenvalue weighted by molar-refractivity contribution is 0.0604. The first kappa shape index (κ1) is 18.6. The van der Waals surface area contributed by atoms with Crippen LogP contribution in [0.25, 0.3) is 11.0 Å². The fourth-order valence-electron chi connectivity index (χ4n) is 3.74. The van der Waals surface area contributed by atoms with Gasteiger partial charge in [-0.25, -0.2) is 4.98 Å². The lowest BCUT2D eigenvalue weighted by atomic mass is 10.2. The summed E-state index contributed by atoms with van der Waals surface area (Å²) in [4.78, 5) is 21.5. The zero-order valence-electron chi connectivity index (χ0n) is 16.4. The van der Waals surface area contributed by atoms with E-state index in [1.165, 1.54) is 0 Å². The molecule has 3 aromatic rings. The number of piperazine rings is 1. The van der Waals surface area contributed by atoms with Crippen molar-refractivity contribution >= 4 is 16.9 Å². The van der Waals surface area contributed by atoms with E-state index in [0.29, 0.717) is 30.2 Å². The highest BCUT2D eigenvalue weighted by Crippen LogP contribution is 2.29. The summed E-state index contributed by atoms with van der Waals surface area (Å²) in [6.45, 7) is 7.16. The van der Waals surface area contributed by atoms with E-state index in [1.54, 1.807) is 13.2 Å². The first-order chi connectivity index (χ1) is 13.7. The molecule has 1 aliphatic rings. The lowest BCUT2D eigenvalue weighted by Gasteiger charge is -2.34. The van der Waals surface area contributed by atoms with Crippen LogP contribution in [0, 0.1) is 0 Å². The Morgan fingerprint density at radius 3 is 2.79 bits per heavy atom. The summed E-state index contributed by atoms with van der Waals surface area (Å²) in [7, 11) is 1.60. The summed E-state index contributed by atoms with van der Waals surface area (Å²) >= 11 is 0. The van der Waals surface area contributed by atoms with Gasteiger partial charge in [0.25, 0.3) is 5.91 Å². The molecule has 1 amide bonds. The van der Waals surface area contributed by atoms with Gasteiger partial charge in [-0.3, -0.25) is 9.69 Å². The molecule has 28 heavy (non-hydrogen) atoms. The van der Waals surface area contributed by atoms with Crippen molar-refractivity contribution in [2.75, 3.05) is 39.8 Å². The monoisotopic (exact) mass is 382 g/mol. The number of aryl methyl sites for hydroxylation is 1. The van der Waals surface area contributed by atoms with Crippen molar-refractivity contribution in [3.8, 4) is 5.75 Å². The highest BCUT2D eigenvalue weighted by atomic mass is 16.5. The van der Waals surface area contributed by atoms with Gasteiger partial charge in [0.1, 0.15) is 5.82 Å². The number of imidazole rings is 1. The molecule has 1 fully saturated rings. The van der Waals surface area contributed by atoms with Crippen LogP contribution in [0.15, 0.2) is 41.1 Å². The van der Waals surface area contributed by atoms with Crippen LogP contribution >= 0.6 is 0 Å². The van der Waals surface area contributed by atoms with Crippen LogP contribution in [0.5, 0.6) is 5.75 Å². The lowest BCUT2D eigenvalue weighted by Crippen LogP contribution is -2.49. The van der Waals surface area contributed by atoms with Gasteiger partial charge in [-0.1, -0.05) is 19.1 Å². The van der Waals surface area contributed by atoms with Crippen LogP contribution in [-0.2, 0) is 13.0 Å². The Morgan fingerprint density at radius 2 is 2.04 bits per heavy atom. The largest absolute Gasteiger partial charge is 0.493 e. The molecule has 0 N–H and O–H groups in total. The second-order valence-electron chi connectivity index (χ2n) is 7.01. The van der Waals surface area contributed by atoms with Crippen molar-refractivity contribution in [1.29, 1.82) is 0 Å². The maximum absolute atomic E-state index is 12.9. The second kappa shape index (κ2) is 8.06. The quantitative estimate of drug-likeness (QED) is 0.656. The van der Waals surface area contributed by atoms with Crippen LogP contribution in [0.2, 0.25) is 0 Å². The van der Waals surface area contributed by atoms with E-state index in [4.69, 9.17) is 9.15 Å². The Morgan fingerprint density at radius 1 is 1.21 bits per heavy atom. The van der Waals surface area contributed by atoms with Crippen LogP contribution in [0.3, 0.4) is 0 Å². The molecule has 2 aromatic heterocycles. The van der Waals surface area contributed by atoms with Gasteiger partial charge in [0.2, 0.25) is 0 Å². The number of benzene rings is 1. The number of hydrogen-bond donors (Lipinski definition) is 0. The zero-order chi connectivity index (χ0) is 19.5. The summed E-state index contributed by atoms with van der Waals surface area (Å²) in [5.41, 5.74) is 0.624. The van der Waals surface area contributed by atoms with Gasteiger partial charge >= 0.3 is 0 Å². The maximum atomic E-state index is 12.9.